The predicted octanol–water partition coefficient (Wildman–Crippen LogP) is 3.79. The van der Waals surface area contributed by atoms with Crippen LogP contribution in [0.5, 0.6) is 5.75 Å². The van der Waals surface area contributed by atoms with Crippen LogP contribution in [0.15, 0.2) is 48.5 Å². The van der Waals surface area contributed by atoms with Crippen LogP contribution in [-0.4, -0.2) is 32.2 Å². The van der Waals surface area contributed by atoms with Crippen LogP contribution in [0.3, 0.4) is 0 Å². The molecule has 1 heterocycles. The molecule has 162 valence electrons. The minimum atomic E-state index is -3.91. The Hall–Kier alpha value is -2.61. The van der Waals surface area contributed by atoms with E-state index >= 15 is 0 Å². The van der Waals surface area contributed by atoms with Gasteiger partial charge >= 0.3 is 0 Å². The highest BCUT2D eigenvalue weighted by atomic mass is 32.2. The van der Waals surface area contributed by atoms with Crippen LogP contribution in [0.25, 0.3) is 0 Å². The summed E-state index contributed by atoms with van der Waals surface area (Å²) < 4.78 is 46.4. The lowest BCUT2D eigenvalue weighted by Gasteiger charge is -2.39. The zero-order valence-corrected chi connectivity index (χ0v) is 18.4. The third-order valence-electron chi connectivity index (χ3n) is 5.11. The number of carbonyl (C=O) groups excluding carboxylic acids is 1. The first-order valence-electron chi connectivity index (χ1n) is 9.86. The summed E-state index contributed by atoms with van der Waals surface area (Å²) in [5.41, 5.74) is 0.183. The molecule has 0 saturated heterocycles. The molecule has 2 aromatic carbocycles. The van der Waals surface area contributed by atoms with Gasteiger partial charge in [-0.2, -0.15) is 0 Å². The quantitative estimate of drug-likeness (QED) is 0.751. The second-order valence-corrected chi connectivity index (χ2v) is 9.96. The number of para-hydroxylation sites is 2. The molecule has 2 atom stereocenters. The fourth-order valence-electron chi connectivity index (χ4n) is 3.86. The molecule has 1 aliphatic rings. The van der Waals surface area contributed by atoms with E-state index in [1.165, 1.54) is 18.2 Å². The molecular weight excluding hydrogens is 407 g/mol. The average Bonchev–Trinajstić information content (AvgIpc) is 2.65. The van der Waals surface area contributed by atoms with Crippen molar-refractivity contribution in [2.75, 3.05) is 10.6 Å². The van der Waals surface area contributed by atoms with Crippen molar-refractivity contribution >= 4 is 21.6 Å². The van der Waals surface area contributed by atoms with Crippen molar-refractivity contribution in [3.05, 3.63) is 59.9 Å². The van der Waals surface area contributed by atoms with E-state index in [2.05, 4.69) is 5.32 Å². The molecule has 0 fully saturated rings. The summed E-state index contributed by atoms with van der Waals surface area (Å²) in [6.45, 7) is 5.56. The third-order valence-corrected chi connectivity index (χ3v) is 6.28. The molecule has 0 aromatic heterocycles. The van der Waals surface area contributed by atoms with Gasteiger partial charge in [-0.25, -0.2) is 12.8 Å². The zero-order chi connectivity index (χ0) is 22.1. The van der Waals surface area contributed by atoms with Crippen LogP contribution in [0.1, 0.15) is 45.2 Å². The monoisotopic (exact) mass is 434 g/mol. The minimum absolute atomic E-state index is 0.144. The normalized spacial score (nSPS) is 18.6. The molecule has 8 heteroatoms. The average molecular weight is 435 g/mol. The number of halogens is 1. The van der Waals surface area contributed by atoms with Gasteiger partial charge in [0.1, 0.15) is 23.2 Å². The van der Waals surface area contributed by atoms with Gasteiger partial charge in [0.15, 0.2) is 0 Å². The van der Waals surface area contributed by atoms with Gasteiger partial charge in [-0.05, 0) is 38.5 Å². The summed E-state index contributed by atoms with van der Waals surface area (Å²) in [6.07, 6.45) is 1.68. The number of carbonyl (C=O) groups is 1. The van der Waals surface area contributed by atoms with E-state index in [1.807, 2.05) is 38.1 Å². The number of nitrogens with zero attached hydrogens (tertiary/aromatic N) is 1. The van der Waals surface area contributed by atoms with Gasteiger partial charge in [0, 0.05) is 12.0 Å². The number of sulfonamides is 1. The van der Waals surface area contributed by atoms with E-state index in [-0.39, 0.29) is 18.2 Å². The number of anilines is 1. The highest BCUT2D eigenvalue weighted by Gasteiger charge is 2.38. The van der Waals surface area contributed by atoms with Crippen LogP contribution >= 0.6 is 0 Å². The highest BCUT2D eigenvalue weighted by Crippen LogP contribution is 2.39. The lowest BCUT2D eigenvalue weighted by molar-refractivity contribution is -0.123. The first-order chi connectivity index (χ1) is 14.0. The van der Waals surface area contributed by atoms with Crippen LogP contribution in [0.4, 0.5) is 10.1 Å². The summed E-state index contributed by atoms with van der Waals surface area (Å²) >= 11 is 0. The maximum absolute atomic E-state index is 14.4. The van der Waals surface area contributed by atoms with E-state index in [4.69, 9.17) is 4.74 Å². The predicted molar refractivity (Wildman–Crippen MR) is 114 cm³/mol. The molecule has 0 saturated carbocycles. The molecular formula is C22H27FN2O4S. The number of fused-ring (bicyclic) bond motifs is 1. The highest BCUT2D eigenvalue weighted by molar-refractivity contribution is 7.92. The molecule has 1 N–H and O–H groups in total. The van der Waals surface area contributed by atoms with Crippen LogP contribution in [0, 0.1) is 5.82 Å². The van der Waals surface area contributed by atoms with Crippen molar-refractivity contribution in [1.82, 2.24) is 5.32 Å². The van der Waals surface area contributed by atoms with Gasteiger partial charge < -0.3 is 10.1 Å². The Labute approximate surface area is 177 Å². The number of hydrogen-bond donors (Lipinski definition) is 1. The number of hydrogen-bond acceptors (Lipinski definition) is 4. The number of ether oxygens (including phenoxy) is 1. The first kappa shape index (κ1) is 22.1. The van der Waals surface area contributed by atoms with E-state index in [1.54, 1.807) is 13.0 Å². The van der Waals surface area contributed by atoms with Gasteiger partial charge in [0.05, 0.1) is 18.0 Å². The van der Waals surface area contributed by atoms with E-state index in [0.717, 1.165) is 16.1 Å². The Morgan fingerprint density at radius 2 is 1.87 bits per heavy atom. The smallest absolute Gasteiger partial charge is 0.244 e. The lowest BCUT2D eigenvalue weighted by Crippen LogP contribution is -2.51. The second-order valence-electron chi connectivity index (χ2n) is 8.10. The second kappa shape index (κ2) is 8.26. The maximum Gasteiger partial charge on any atom is 0.244 e. The first-order valence-corrected chi connectivity index (χ1v) is 11.7. The Morgan fingerprint density at radius 3 is 2.50 bits per heavy atom. The van der Waals surface area contributed by atoms with E-state index in [0.29, 0.717) is 12.2 Å². The summed E-state index contributed by atoms with van der Waals surface area (Å²) in [5, 5.41) is 2.98. The van der Waals surface area contributed by atoms with Gasteiger partial charge in [0.25, 0.3) is 0 Å². The van der Waals surface area contributed by atoms with Gasteiger partial charge in [-0.15, -0.1) is 0 Å². The van der Waals surface area contributed by atoms with Crippen LogP contribution in [0.2, 0.25) is 0 Å². The molecule has 1 amide bonds. The maximum atomic E-state index is 14.4. The van der Waals surface area contributed by atoms with Crippen molar-refractivity contribution in [2.45, 2.75) is 51.3 Å². The van der Waals surface area contributed by atoms with Gasteiger partial charge in [-0.1, -0.05) is 37.3 Å². The van der Waals surface area contributed by atoms with Crippen LogP contribution < -0.4 is 14.4 Å². The summed E-state index contributed by atoms with van der Waals surface area (Å²) in [6, 6.07) is 11.5. The Morgan fingerprint density at radius 1 is 1.23 bits per heavy atom. The van der Waals surface area contributed by atoms with E-state index < -0.39 is 33.4 Å². The SMILES string of the molecule is CCC(C(=O)NC1CC(C)(C)Oc2ccccc21)N(c1ccccc1F)S(C)(=O)=O. The van der Waals surface area contributed by atoms with Crippen molar-refractivity contribution in [1.29, 1.82) is 0 Å². The summed E-state index contributed by atoms with van der Waals surface area (Å²) in [4.78, 5) is 13.3. The molecule has 0 spiro atoms. The topological polar surface area (TPSA) is 75.7 Å². The Balaban J connectivity index is 1.95. The van der Waals surface area contributed by atoms with Crippen molar-refractivity contribution < 1.29 is 22.3 Å². The van der Waals surface area contributed by atoms with E-state index in [9.17, 15) is 17.6 Å². The van der Waals surface area contributed by atoms with Crippen molar-refractivity contribution in [3.8, 4) is 5.75 Å². The Bertz CT molecular complexity index is 1040. The fraction of sp³-hybridized carbons (Fsp3) is 0.409. The summed E-state index contributed by atoms with van der Waals surface area (Å²) in [7, 11) is -3.91. The number of rotatable bonds is 6. The van der Waals surface area contributed by atoms with Gasteiger partial charge in [-0.3, -0.25) is 9.10 Å². The number of amides is 1. The molecule has 1 aliphatic heterocycles. The van der Waals surface area contributed by atoms with Crippen LogP contribution in [-0.2, 0) is 14.8 Å². The zero-order valence-electron chi connectivity index (χ0n) is 17.6. The molecule has 0 bridgehead atoms. The molecule has 3 rings (SSSR count). The number of benzene rings is 2. The van der Waals surface area contributed by atoms with Crippen molar-refractivity contribution in [3.63, 3.8) is 0 Å². The lowest BCUT2D eigenvalue weighted by atomic mass is 9.89. The standard InChI is InChI=1S/C22H27FN2O4S/c1-5-18(25(30(4,27)28)19-12-8-7-11-16(19)23)21(26)24-17-14-22(2,3)29-20-13-9-6-10-15(17)20/h6-13,17-18H,5,14H2,1-4H3,(H,24,26). The molecule has 30 heavy (non-hydrogen) atoms. The third kappa shape index (κ3) is 4.59. The Kier molecular flexibility index (Phi) is 6.08. The largest absolute Gasteiger partial charge is 0.487 e. The molecule has 6 nitrogen and oxygen atoms in total. The summed E-state index contributed by atoms with van der Waals surface area (Å²) in [5.74, 6) is -0.503. The van der Waals surface area contributed by atoms with Crippen molar-refractivity contribution in [2.24, 2.45) is 0 Å². The number of nitrogens with one attached hydrogen (secondary N) is 1. The molecule has 2 aromatic rings. The van der Waals surface area contributed by atoms with Gasteiger partial charge in [0.2, 0.25) is 15.9 Å². The molecule has 0 radical (unpaired) electrons. The molecule has 2 unspecified atom stereocenters. The fourth-order valence-corrected chi connectivity index (χ4v) is 5.08. The molecule has 0 aliphatic carbocycles. The minimum Gasteiger partial charge on any atom is -0.487 e.